The summed E-state index contributed by atoms with van der Waals surface area (Å²) < 4.78 is 40.0. The monoisotopic (exact) mass is 373 g/mol. The number of rotatable bonds is 5. The van der Waals surface area contributed by atoms with E-state index in [2.05, 4.69) is 25.6 Å². The van der Waals surface area contributed by atoms with Gasteiger partial charge >= 0.3 is 0 Å². The highest BCUT2D eigenvalue weighted by Crippen LogP contribution is 2.25. The van der Waals surface area contributed by atoms with Crippen LogP contribution in [0.1, 0.15) is 5.69 Å². The first-order valence-electron chi connectivity index (χ1n) is 6.04. The maximum atomic E-state index is 13.3. The Labute approximate surface area is 130 Å². The van der Waals surface area contributed by atoms with E-state index in [1.54, 1.807) is 18.3 Å². The third-order valence-electron chi connectivity index (χ3n) is 2.74. The van der Waals surface area contributed by atoms with Gasteiger partial charge in [-0.2, -0.15) is 0 Å². The number of sulfonamides is 1. The van der Waals surface area contributed by atoms with Crippen molar-refractivity contribution in [2.45, 2.75) is 11.3 Å². The minimum atomic E-state index is -3.80. The molecule has 0 atom stereocenters. The average molecular weight is 374 g/mol. The molecule has 1 heterocycles. The van der Waals surface area contributed by atoms with Crippen molar-refractivity contribution in [2.24, 2.45) is 0 Å². The molecule has 2 aromatic rings. The van der Waals surface area contributed by atoms with E-state index in [4.69, 9.17) is 5.73 Å². The maximum Gasteiger partial charge on any atom is 0.242 e. The molecular formula is C13H13BrFN3O2S. The van der Waals surface area contributed by atoms with Gasteiger partial charge in [-0.1, -0.05) is 6.07 Å². The molecule has 0 radical (unpaired) electrons. The zero-order chi connectivity index (χ0) is 15.5. The molecule has 112 valence electrons. The van der Waals surface area contributed by atoms with Gasteiger partial charge in [0.1, 0.15) is 10.7 Å². The van der Waals surface area contributed by atoms with Crippen molar-refractivity contribution in [3.05, 3.63) is 52.5 Å². The van der Waals surface area contributed by atoms with E-state index in [9.17, 15) is 12.8 Å². The molecule has 2 rings (SSSR count). The normalized spacial score (nSPS) is 11.5. The van der Waals surface area contributed by atoms with Gasteiger partial charge in [0.2, 0.25) is 10.0 Å². The molecule has 0 aliphatic heterocycles. The van der Waals surface area contributed by atoms with Crippen molar-refractivity contribution in [1.29, 1.82) is 0 Å². The molecule has 0 unspecified atom stereocenters. The lowest BCUT2D eigenvalue weighted by molar-refractivity contribution is 0.580. The predicted octanol–water partition coefficient (Wildman–Crippen LogP) is 2.09. The molecule has 1 aromatic carbocycles. The number of nitrogens with two attached hydrogens (primary N) is 1. The van der Waals surface area contributed by atoms with Crippen molar-refractivity contribution in [3.8, 4) is 0 Å². The van der Waals surface area contributed by atoms with Gasteiger partial charge in [-0.15, -0.1) is 0 Å². The Morgan fingerprint density at radius 2 is 2.10 bits per heavy atom. The van der Waals surface area contributed by atoms with Crippen LogP contribution >= 0.6 is 15.9 Å². The smallest absolute Gasteiger partial charge is 0.242 e. The fraction of sp³-hybridized carbons (Fsp3) is 0.154. The summed E-state index contributed by atoms with van der Waals surface area (Å²) in [5, 5.41) is 0. The van der Waals surface area contributed by atoms with Gasteiger partial charge in [-0.05, 0) is 40.2 Å². The summed E-state index contributed by atoms with van der Waals surface area (Å²) in [7, 11) is -3.80. The number of hydrogen-bond acceptors (Lipinski definition) is 4. The predicted molar refractivity (Wildman–Crippen MR) is 81.6 cm³/mol. The van der Waals surface area contributed by atoms with Gasteiger partial charge in [0.15, 0.2) is 0 Å². The Hall–Kier alpha value is -1.51. The second-order valence-electron chi connectivity index (χ2n) is 4.27. The van der Waals surface area contributed by atoms with Gasteiger partial charge in [-0.25, -0.2) is 17.5 Å². The lowest BCUT2D eigenvalue weighted by Gasteiger charge is -2.10. The summed E-state index contributed by atoms with van der Waals surface area (Å²) in [4.78, 5) is 3.94. The summed E-state index contributed by atoms with van der Waals surface area (Å²) in [5.74, 6) is -0.611. The molecule has 0 saturated heterocycles. The van der Waals surface area contributed by atoms with Crippen molar-refractivity contribution < 1.29 is 12.8 Å². The standard InChI is InChI=1S/C13H13BrFN3O2S/c14-10-7-13(12(16)8-11(10)15)21(19,20)18-6-4-9-3-1-2-5-17-9/h1-3,5,7-8,18H,4,6,16H2. The Balaban J connectivity index is 2.10. The van der Waals surface area contributed by atoms with Crippen LogP contribution in [0.5, 0.6) is 0 Å². The third kappa shape index (κ3) is 3.99. The number of hydrogen-bond donors (Lipinski definition) is 2. The molecule has 0 fully saturated rings. The van der Waals surface area contributed by atoms with Crippen molar-refractivity contribution in [2.75, 3.05) is 12.3 Å². The highest BCUT2D eigenvalue weighted by atomic mass is 79.9. The number of nitrogen functional groups attached to an aromatic ring is 1. The van der Waals surface area contributed by atoms with Crippen LogP contribution in [-0.4, -0.2) is 19.9 Å². The number of aromatic nitrogens is 1. The Kier molecular flexibility index (Phi) is 4.92. The minimum Gasteiger partial charge on any atom is -0.398 e. The topological polar surface area (TPSA) is 85.1 Å². The summed E-state index contributed by atoms with van der Waals surface area (Å²) in [6, 6.07) is 7.53. The summed E-state index contributed by atoms with van der Waals surface area (Å²) in [6.45, 7) is 0.174. The molecule has 0 aliphatic rings. The van der Waals surface area contributed by atoms with Crippen molar-refractivity contribution in [3.63, 3.8) is 0 Å². The Morgan fingerprint density at radius 3 is 2.76 bits per heavy atom. The Bertz CT molecular complexity index is 739. The molecule has 0 aliphatic carbocycles. The fourth-order valence-electron chi connectivity index (χ4n) is 1.71. The van der Waals surface area contributed by atoms with Gasteiger partial charge in [-0.3, -0.25) is 4.98 Å². The molecule has 1 aromatic heterocycles. The van der Waals surface area contributed by atoms with Gasteiger partial charge in [0.05, 0.1) is 10.2 Å². The van der Waals surface area contributed by atoms with E-state index in [0.29, 0.717) is 6.42 Å². The third-order valence-corrected chi connectivity index (χ3v) is 4.87. The lowest BCUT2D eigenvalue weighted by atomic mass is 10.3. The van der Waals surface area contributed by atoms with E-state index < -0.39 is 15.8 Å². The average Bonchev–Trinajstić information content (AvgIpc) is 2.43. The van der Waals surface area contributed by atoms with Gasteiger partial charge in [0, 0.05) is 24.9 Å². The van der Waals surface area contributed by atoms with Crippen LogP contribution in [0.3, 0.4) is 0 Å². The molecule has 0 amide bonds. The quantitative estimate of drug-likeness (QED) is 0.785. The second kappa shape index (κ2) is 6.50. The number of pyridine rings is 1. The van der Waals surface area contributed by atoms with E-state index in [-0.39, 0.29) is 21.6 Å². The van der Waals surface area contributed by atoms with E-state index >= 15 is 0 Å². The highest BCUT2D eigenvalue weighted by Gasteiger charge is 2.19. The van der Waals surface area contributed by atoms with Crippen LogP contribution in [0, 0.1) is 5.82 Å². The second-order valence-corrected chi connectivity index (χ2v) is 6.86. The summed E-state index contributed by atoms with van der Waals surface area (Å²) in [6.07, 6.45) is 2.08. The fourth-order valence-corrected chi connectivity index (χ4v) is 3.38. The number of nitrogens with one attached hydrogen (secondary N) is 1. The molecule has 21 heavy (non-hydrogen) atoms. The van der Waals surface area contributed by atoms with Crippen LogP contribution in [-0.2, 0) is 16.4 Å². The highest BCUT2D eigenvalue weighted by molar-refractivity contribution is 9.10. The van der Waals surface area contributed by atoms with Crippen LogP contribution < -0.4 is 10.5 Å². The molecule has 3 N–H and O–H groups in total. The zero-order valence-electron chi connectivity index (χ0n) is 10.9. The first-order chi connectivity index (χ1) is 9.90. The maximum absolute atomic E-state index is 13.3. The first kappa shape index (κ1) is 15.9. The van der Waals surface area contributed by atoms with E-state index in [1.165, 1.54) is 0 Å². The SMILES string of the molecule is Nc1cc(F)c(Br)cc1S(=O)(=O)NCCc1ccccn1. The summed E-state index contributed by atoms with van der Waals surface area (Å²) >= 11 is 2.94. The molecule has 0 bridgehead atoms. The lowest BCUT2D eigenvalue weighted by Crippen LogP contribution is -2.27. The number of benzene rings is 1. The number of anilines is 1. The molecular weight excluding hydrogens is 361 g/mol. The van der Waals surface area contributed by atoms with E-state index in [1.807, 2.05) is 6.07 Å². The Morgan fingerprint density at radius 1 is 1.33 bits per heavy atom. The van der Waals surface area contributed by atoms with Crippen molar-refractivity contribution in [1.82, 2.24) is 9.71 Å². The zero-order valence-corrected chi connectivity index (χ0v) is 13.3. The van der Waals surface area contributed by atoms with Crippen LogP contribution in [0.15, 0.2) is 45.9 Å². The molecule has 8 heteroatoms. The number of halogens is 2. The van der Waals surface area contributed by atoms with Crippen LogP contribution in [0.25, 0.3) is 0 Å². The molecule has 0 saturated carbocycles. The molecule has 5 nitrogen and oxygen atoms in total. The van der Waals surface area contributed by atoms with Crippen LogP contribution in [0.2, 0.25) is 0 Å². The van der Waals surface area contributed by atoms with Gasteiger partial charge in [0.25, 0.3) is 0 Å². The van der Waals surface area contributed by atoms with E-state index in [0.717, 1.165) is 17.8 Å². The summed E-state index contributed by atoms with van der Waals surface area (Å²) in [5.41, 5.74) is 6.20. The largest absolute Gasteiger partial charge is 0.398 e. The van der Waals surface area contributed by atoms with Crippen LogP contribution in [0.4, 0.5) is 10.1 Å². The van der Waals surface area contributed by atoms with Gasteiger partial charge < -0.3 is 5.73 Å². The first-order valence-corrected chi connectivity index (χ1v) is 8.32. The minimum absolute atomic E-state index is 0.0433. The molecule has 0 spiro atoms. The van der Waals surface area contributed by atoms with Crippen molar-refractivity contribution >= 4 is 31.6 Å². The number of nitrogens with zero attached hydrogens (tertiary/aromatic N) is 1.